The summed E-state index contributed by atoms with van der Waals surface area (Å²) in [4.78, 5) is 46.3. The molecule has 5 atom stereocenters. The summed E-state index contributed by atoms with van der Waals surface area (Å²) in [6.07, 6.45) is 7.08. The van der Waals surface area contributed by atoms with Crippen molar-refractivity contribution >= 4 is 46.5 Å². The smallest absolute Gasteiger partial charge is 0.353 e. The summed E-state index contributed by atoms with van der Waals surface area (Å²) in [5, 5.41) is 25.3. The third-order valence-corrected chi connectivity index (χ3v) is 10.1. The summed E-state index contributed by atoms with van der Waals surface area (Å²) in [6, 6.07) is -0.365. The lowest BCUT2D eigenvalue weighted by atomic mass is 9.79. The van der Waals surface area contributed by atoms with Gasteiger partial charge in [-0.25, -0.2) is 9.78 Å². The van der Waals surface area contributed by atoms with Gasteiger partial charge in [0.15, 0.2) is 4.34 Å². The van der Waals surface area contributed by atoms with Crippen LogP contribution in [0.1, 0.15) is 58.1 Å². The van der Waals surface area contributed by atoms with Gasteiger partial charge in [0.25, 0.3) is 0 Å². The van der Waals surface area contributed by atoms with Crippen molar-refractivity contribution in [1.82, 2.24) is 20.1 Å². The van der Waals surface area contributed by atoms with Crippen molar-refractivity contribution < 1.29 is 24.6 Å². The Labute approximate surface area is 225 Å². The number of fused-ring (bicyclic) bond motifs is 1. The molecule has 200 valence electrons. The van der Waals surface area contributed by atoms with Gasteiger partial charge < -0.3 is 25.3 Å². The second-order valence-corrected chi connectivity index (χ2v) is 12.5. The summed E-state index contributed by atoms with van der Waals surface area (Å²) < 4.78 is 0.718. The number of carboxylic acid groups (broad SMARTS) is 1. The van der Waals surface area contributed by atoms with E-state index in [2.05, 4.69) is 11.4 Å². The molecule has 2 fully saturated rings. The lowest BCUT2D eigenvalue weighted by molar-refractivity contribution is -0.163. The summed E-state index contributed by atoms with van der Waals surface area (Å²) in [5.41, 5.74) is 1.95. The van der Waals surface area contributed by atoms with Gasteiger partial charge in [-0.2, -0.15) is 0 Å². The van der Waals surface area contributed by atoms with E-state index in [-0.39, 0.29) is 35.5 Å². The molecule has 4 aliphatic heterocycles. The lowest BCUT2D eigenvalue weighted by Gasteiger charge is -2.46. The number of aromatic nitrogens is 1. The van der Waals surface area contributed by atoms with Crippen molar-refractivity contribution in [1.29, 1.82) is 0 Å². The number of aliphatic hydroxyl groups is 1. The van der Waals surface area contributed by atoms with Gasteiger partial charge in [0, 0.05) is 41.8 Å². The normalized spacial score (nSPS) is 28.9. The quantitative estimate of drug-likeness (QED) is 0.446. The second-order valence-electron chi connectivity index (χ2n) is 10.4. The van der Waals surface area contributed by atoms with Crippen molar-refractivity contribution in [2.75, 3.05) is 19.6 Å². The van der Waals surface area contributed by atoms with Crippen LogP contribution in [0.3, 0.4) is 0 Å². The molecule has 0 saturated carbocycles. The van der Waals surface area contributed by atoms with E-state index in [1.54, 1.807) is 6.92 Å². The molecule has 9 nitrogen and oxygen atoms in total. The van der Waals surface area contributed by atoms with Crippen molar-refractivity contribution in [3.8, 4) is 0 Å². The van der Waals surface area contributed by atoms with Gasteiger partial charge in [0.1, 0.15) is 5.70 Å². The van der Waals surface area contributed by atoms with Crippen LogP contribution in [-0.4, -0.2) is 80.6 Å². The van der Waals surface area contributed by atoms with Crippen molar-refractivity contribution in [2.45, 2.75) is 74.9 Å². The molecule has 0 radical (unpaired) electrons. The molecular formula is C26H34N4O5S2. The minimum atomic E-state index is -1.14. The standard InChI is InChI=1S/C26H34N4O5S2/c1-14-21-20(15(2)31)24(33)30(21)22(25(34)35)23(14)37-26-28-18(13-36-26)16-7-8-27-17(11-16)12-19(32)29-9-5-3-4-6-10-29/h11,13-15,17,20-21,27,31H,3-10,12H2,1-2H3,(H,34,35). The second kappa shape index (κ2) is 10.9. The molecule has 1 aromatic rings. The van der Waals surface area contributed by atoms with Crippen molar-refractivity contribution in [2.24, 2.45) is 11.8 Å². The zero-order chi connectivity index (χ0) is 26.3. The Morgan fingerprint density at radius 3 is 2.68 bits per heavy atom. The van der Waals surface area contributed by atoms with E-state index in [1.165, 1.54) is 40.8 Å². The van der Waals surface area contributed by atoms with E-state index in [1.807, 2.05) is 17.2 Å². The molecule has 5 rings (SSSR count). The molecule has 0 aromatic carbocycles. The minimum absolute atomic E-state index is 0.00863. The van der Waals surface area contributed by atoms with Gasteiger partial charge in [-0.15, -0.1) is 11.3 Å². The number of aliphatic hydroxyl groups excluding tert-OH is 1. The number of carbonyl (C=O) groups is 3. The Bertz CT molecular complexity index is 1140. The Balaban J connectivity index is 1.29. The number of aliphatic carboxylic acids is 1. The largest absolute Gasteiger partial charge is 0.477 e. The van der Waals surface area contributed by atoms with Crippen molar-refractivity contribution in [3.05, 3.63) is 27.8 Å². The number of rotatable bonds is 7. The number of carboxylic acids is 1. The zero-order valence-corrected chi connectivity index (χ0v) is 22.8. The molecule has 11 heteroatoms. The van der Waals surface area contributed by atoms with Crippen LogP contribution in [0, 0.1) is 11.8 Å². The molecule has 37 heavy (non-hydrogen) atoms. The number of amides is 2. The van der Waals surface area contributed by atoms with Crippen LogP contribution >= 0.6 is 23.1 Å². The molecule has 1 aromatic heterocycles. The summed E-state index contributed by atoms with van der Waals surface area (Å²) in [5.74, 6) is -2.05. The third kappa shape index (κ3) is 5.10. The zero-order valence-electron chi connectivity index (χ0n) is 21.2. The summed E-state index contributed by atoms with van der Waals surface area (Å²) in [7, 11) is 0. The highest BCUT2D eigenvalue weighted by atomic mass is 32.2. The molecule has 2 amide bonds. The maximum absolute atomic E-state index is 12.9. The maximum atomic E-state index is 12.9. The Morgan fingerprint density at radius 2 is 2.00 bits per heavy atom. The minimum Gasteiger partial charge on any atom is -0.477 e. The van der Waals surface area contributed by atoms with Crippen LogP contribution in [0.25, 0.3) is 5.57 Å². The highest BCUT2D eigenvalue weighted by Crippen LogP contribution is 2.52. The van der Waals surface area contributed by atoms with Crippen LogP contribution < -0.4 is 5.32 Å². The number of nitrogens with zero attached hydrogens (tertiary/aromatic N) is 3. The molecule has 0 aliphatic carbocycles. The number of hydrogen-bond donors (Lipinski definition) is 3. The number of thioether (sulfide) groups is 1. The molecule has 5 unspecified atom stereocenters. The van der Waals surface area contributed by atoms with E-state index in [0.717, 1.165) is 54.5 Å². The predicted molar refractivity (Wildman–Crippen MR) is 142 cm³/mol. The molecule has 2 saturated heterocycles. The highest BCUT2D eigenvalue weighted by molar-refractivity contribution is 8.04. The van der Waals surface area contributed by atoms with Gasteiger partial charge >= 0.3 is 5.97 Å². The fourth-order valence-electron chi connectivity index (χ4n) is 5.96. The summed E-state index contributed by atoms with van der Waals surface area (Å²) >= 11 is 2.76. The van der Waals surface area contributed by atoms with E-state index in [4.69, 9.17) is 4.98 Å². The van der Waals surface area contributed by atoms with Crippen LogP contribution in [0.2, 0.25) is 0 Å². The molecular weight excluding hydrogens is 512 g/mol. The Morgan fingerprint density at radius 1 is 1.27 bits per heavy atom. The number of carbonyl (C=O) groups excluding carboxylic acids is 2. The maximum Gasteiger partial charge on any atom is 0.353 e. The number of hydrogen-bond acceptors (Lipinski definition) is 8. The molecule has 3 N–H and O–H groups in total. The molecule has 0 spiro atoms. The first kappa shape index (κ1) is 26.4. The Hall–Kier alpha value is -2.21. The fourth-order valence-corrected chi connectivity index (χ4v) is 8.08. The van der Waals surface area contributed by atoms with Gasteiger partial charge in [-0.1, -0.05) is 37.6 Å². The SMILES string of the molecule is CC(O)C1C(=O)N2C(C(=O)O)=C(Sc3nc(C4=CC(CC(=O)N5CCCCCC5)NCC4)cs3)C(C)C12. The first-order valence-electron chi connectivity index (χ1n) is 13.1. The molecule has 4 aliphatic rings. The van der Waals surface area contributed by atoms with Crippen LogP contribution in [0.4, 0.5) is 0 Å². The van der Waals surface area contributed by atoms with E-state index < -0.39 is 18.0 Å². The molecule has 0 bridgehead atoms. The average molecular weight is 547 g/mol. The highest BCUT2D eigenvalue weighted by Gasteiger charge is 2.60. The third-order valence-electron chi connectivity index (χ3n) is 7.88. The van der Waals surface area contributed by atoms with Crippen LogP contribution in [0.5, 0.6) is 0 Å². The monoisotopic (exact) mass is 546 g/mol. The predicted octanol–water partition coefficient (Wildman–Crippen LogP) is 2.93. The van der Waals surface area contributed by atoms with E-state index in [9.17, 15) is 24.6 Å². The fraction of sp³-hybridized carbons (Fsp3) is 0.615. The number of β-lactam (4-membered cyclic amide) rings is 1. The van der Waals surface area contributed by atoms with E-state index >= 15 is 0 Å². The number of thiazole rings is 1. The first-order chi connectivity index (χ1) is 17.8. The first-order valence-corrected chi connectivity index (χ1v) is 14.8. The van der Waals surface area contributed by atoms with Crippen molar-refractivity contribution in [3.63, 3.8) is 0 Å². The lowest BCUT2D eigenvalue weighted by Crippen LogP contribution is -2.63. The van der Waals surface area contributed by atoms with Gasteiger partial charge in [0.2, 0.25) is 11.8 Å². The number of nitrogens with one attached hydrogen (secondary N) is 1. The van der Waals surface area contributed by atoms with Gasteiger partial charge in [-0.05, 0) is 38.3 Å². The Kier molecular flexibility index (Phi) is 7.76. The summed E-state index contributed by atoms with van der Waals surface area (Å²) in [6.45, 7) is 5.96. The molecule has 5 heterocycles. The van der Waals surface area contributed by atoms with Crippen LogP contribution in [0.15, 0.2) is 26.4 Å². The number of likely N-dealkylation sites (tertiary alicyclic amines) is 1. The average Bonchev–Trinajstić information content (AvgIpc) is 3.28. The van der Waals surface area contributed by atoms with Gasteiger partial charge in [0.05, 0.1) is 23.8 Å². The van der Waals surface area contributed by atoms with E-state index in [0.29, 0.717) is 11.3 Å². The topological polar surface area (TPSA) is 123 Å². The van der Waals surface area contributed by atoms with Crippen LogP contribution in [-0.2, 0) is 14.4 Å². The van der Waals surface area contributed by atoms with Gasteiger partial charge in [-0.3, -0.25) is 9.59 Å².